The summed E-state index contributed by atoms with van der Waals surface area (Å²) in [6.45, 7) is 1.70. The lowest BCUT2D eigenvalue weighted by Gasteiger charge is -2.02. The van der Waals surface area contributed by atoms with Gasteiger partial charge >= 0.3 is 0 Å². The summed E-state index contributed by atoms with van der Waals surface area (Å²) in [6, 6.07) is 13.1. The summed E-state index contributed by atoms with van der Waals surface area (Å²) in [7, 11) is 0. The van der Waals surface area contributed by atoms with Gasteiger partial charge in [0, 0.05) is 23.2 Å². The van der Waals surface area contributed by atoms with E-state index < -0.39 is 0 Å². The third-order valence-electron chi connectivity index (χ3n) is 3.68. The number of nitrogens with zero attached hydrogens (tertiary/aromatic N) is 3. The van der Waals surface area contributed by atoms with Gasteiger partial charge in [0.2, 0.25) is 5.82 Å². The molecule has 2 heterocycles. The maximum absolute atomic E-state index is 6.03. The van der Waals surface area contributed by atoms with Gasteiger partial charge in [0.1, 0.15) is 5.84 Å². The minimum absolute atomic E-state index is 0.398. The van der Waals surface area contributed by atoms with Crippen molar-refractivity contribution < 1.29 is 4.52 Å². The van der Waals surface area contributed by atoms with Gasteiger partial charge in [-0.2, -0.15) is 4.98 Å². The Morgan fingerprint density at radius 2 is 1.67 bits per heavy atom. The first-order valence-electron chi connectivity index (χ1n) is 7.39. The molecule has 0 atom stereocenters. The summed E-state index contributed by atoms with van der Waals surface area (Å²) in [5.74, 6) is 1.84. The van der Waals surface area contributed by atoms with Crippen LogP contribution in [0.4, 0.5) is 0 Å². The molecule has 3 aromatic rings. The second kappa shape index (κ2) is 6.26. The standard InChI is InChI=1S/C17H12Cl2N4O/c18-13-6-5-12(9-14(13)19)17-22-16(23-24-17)11-3-1-10(2-4-11)15-20-7-8-21-15/h1-6,9H,7-8H2,(H,20,21). The largest absolute Gasteiger partial charge is 0.368 e. The molecule has 5 nitrogen and oxygen atoms in total. The molecule has 0 fully saturated rings. The fourth-order valence-electron chi connectivity index (χ4n) is 2.46. The van der Waals surface area contributed by atoms with Crippen LogP contribution in [0.15, 0.2) is 52.0 Å². The van der Waals surface area contributed by atoms with Gasteiger partial charge in [0.05, 0.1) is 16.6 Å². The first-order valence-corrected chi connectivity index (χ1v) is 8.14. The van der Waals surface area contributed by atoms with Gasteiger partial charge in [-0.3, -0.25) is 4.99 Å². The van der Waals surface area contributed by atoms with E-state index in [1.165, 1.54) is 0 Å². The van der Waals surface area contributed by atoms with Crippen molar-refractivity contribution in [3.05, 3.63) is 58.1 Å². The molecule has 0 spiro atoms. The fourth-order valence-corrected chi connectivity index (χ4v) is 2.75. The summed E-state index contributed by atoms with van der Waals surface area (Å²) in [5, 5.41) is 8.21. The maximum atomic E-state index is 6.03. The van der Waals surface area contributed by atoms with Crippen LogP contribution < -0.4 is 5.32 Å². The Morgan fingerprint density at radius 1 is 0.917 bits per heavy atom. The highest BCUT2D eigenvalue weighted by Gasteiger charge is 2.13. The SMILES string of the molecule is Clc1ccc(-c2nc(-c3ccc(C4=NCCN4)cc3)no2)cc1Cl. The maximum Gasteiger partial charge on any atom is 0.258 e. The lowest BCUT2D eigenvalue weighted by molar-refractivity contribution is 0.432. The molecule has 2 aromatic carbocycles. The Kier molecular flexibility index (Phi) is 3.96. The van der Waals surface area contributed by atoms with E-state index in [4.69, 9.17) is 27.7 Å². The summed E-state index contributed by atoms with van der Waals surface area (Å²) in [4.78, 5) is 8.82. The van der Waals surface area contributed by atoms with Crippen molar-refractivity contribution >= 4 is 29.0 Å². The average molecular weight is 359 g/mol. The van der Waals surface area contributed by atoms with Crippen molar-refractivity contribution in [1.82, 2.24) is 15.5 Å². The van der Waals surface area contributed by atoms with Crippen molar-refractivity contribution in [3.8, 4) is 22.8 Å². The van der Waals surface area contributed by atoms with Crippen LogP contribution in [0.3, 0.4) is 0 Å². The highest BCUT2D eigenvalue weighted by Crippen LogP contribution is 2.29. The van der Waals surface area contributed by atoms with Crippen LogP contribution in [0, 0.1) is 0 Å². The third kappa shape index (κ3) is 2.88. The monoisotopic (exact) mass is 358 g/mol. The van der Waals surface area contributed by atoms with Gasteiger partial charge in [-0.1, -0.05) is 52.6 Å². The zero-order valence-corrected chi connectivity index (χ0v) is 14.0. The molecule has 4 rings (SSSR count). The first-order chi connectivity index (χ1) is 11.7. The highest BCUT2D eigenvalue weighted by atomic mass is 35.5. The van der Waals surface area contributed by atoms with E-state index >= 15 is 0 Å². The molecule has 7 heteroatoms. The van der Waals surface area contributed by atoms with Gasteiger partial charge in [-0.05, 0) is 18.2 Å². The van der Waals surface area contributed by atoms with Crippen LogP contribution in [-0.2, 0) is 0 Å². The smallest absolute Gasteiger partial charge is 0.258 e. The molecule has 1 aromatic heterocycles. The zero-order chi connectivity index (χ0) is 16.5. The number of hydrogen-bond donors (Lipinski definition) is 1. The molecule has 0 saturated heterocycles. The molecular formula is C17H12Cl2N4O. The second-order valence-corrected chi connectivity index (χ2v) is 6.10. The molecule has 24 heavy (non-hydrogen) atoms. The molecule has 0 amide bonds. The van der Waals surface area contributed by atoms with Crippen LogP contribution in [0.5, 0.6) is 0 Å². The van der Waals surface area contributed by atoms with Gasteiger partial charge in [0.15, 0.2) is 0 Å². The van der Waals surface area contributed by atoms with Gasteiger partial charge in [-0.15, -0.1) is 0 Å². The lowest BCUT2D eigenvalue weighted by atomic mass is 10.1. The number of benzene rings is 2. The van der Waals surface area contributed by atoms with Crippen molar-refractivity contribution in [3.63, 3.8) is 0 Å². The summed E-state index contributed by atoms with van der Waals surface area (Å²) >= 11 is 12.0. The van der Waals surface area contributed by atoms with E-state index in [1.54, 1.807) is 18.2 Å². The van der Waals surface area contributed by atoms with Gasteiger partial charge in [-0.25, -0.2) is 0 Å². The highest BCUT2D eigenvalue weighted by molar-refractivity contribution is 6.42. The Morgan fingerprint density at radius 3 is 2.38 bits per heavy atom. The number of halogens is 2. The van der Waals surface area contributed by atoms with Crippen LogP contribution in [-0.4, -0.2) is 29.1 Å². The van der Waals surface area contributed by atoms with Crippen LogP contribution >= 0.6 is 23.2 Å². The molecule has 1 N–H and O–H groups in total. The van der Waals surface area contributed by atoms with Gasteiger partial charge in [0.25, 0.3) is 5.89 Å². The quantitative estimate of drug-likeness (QED) is 0.766. The van der Waals surface area contributed by atoms with Crippen LogP contribution in [0.2, 0.25) is 10.0 Å². The Bertz CT molecular complexity index is 919. The molecular weight excluding hydrogens is 347 g/mol. The number of nitrogens with one attached hydrogen (secondary N) is 1. The van der Waals surface area contributed by atoms with E-state index in [1.807, 2.05) is 24.3 Å². The van der Waals surface area contributed by atoms with E-state index in [0.717, 1.165) is 35.6 Å². The molecule has 0 bridgehead atoms. The zero-order valence-electron chi connectivity index (χ0n) is 12.5. The van der Waals surface area contributed by atoms with Crippen molar-refractivity contribution in [2.75, 3.05) is 13.1 Å². The summed E-state index contributed by atoms with van der Waals surface area (Å²) in [5.41, 5.74) is 2.64. The van der Waals surface area contributed by atoms with Crippen molar-refractivity contribution in [2.45, 2.75) is 0 Å². The Balaban J connectivity index is 1.61. The van der Waals surface area contributed by atoms with E-state index in [2.05, 4.69) is 20.4 Å². The lowest BCUT2D eigenvalue weighted by Crippen LogP contribution is -2.19. The number of aromatic nitrogens is 2. The number of hydrogen-bond acceptors (Lipinski definition) is 5. The minimum Gasteiger partial charge on any atom is -0.368 e. The molecule has 1 aliphatic rings. The predicted molar refractivity (Wildman–Crippen MR) is 94.6 cm³/mol. The number of aliphatic imine (C=N–C) groups is 1. The summed E-state index contributed by atoms with van der Waals surface area (Å²) in [6.07, 6.45) is 0. The number of amidine groups is 1. The van der Waals surface area contributed by atoms with Crippen LogP contribution in [0.1, 0.15) is 5.56 Å². The Labute approximate surface area is 148 Å². The molecule has 0 unspecified atom stereocenters. The topological polar surface area (TPSA) is 63.3 Å². The molecule has 0 radical (unpaired) electrons. The molecule has 1 aliphatic heterocycles. The normalized spacial score (nSPS) is 13.7. The van der Waals surface area contributed by atoms with Crippen LogP contribution in [0.25, 0.3) is 22.8 Å². The average Bonchev–Trinajstić information content (AvgIpc) is 3.29. The summed E-state index contributed by atoms with van der Waals surface area (Å²) < 4.78 is 5.33. The van der Waals surface area contributed by atoms with Crippen molar-refractivity contribution in [2.24, 2.45) is 4.99 Å². The fraction of sp³-hybridized carbons (Fsp3) is 0.118. The molecule has 120 valence electrons. The van der Waals surface area contributed by atoms with E-state index in [0.29, 0.717) is 21.8 Å². The third-order valence-corrected chi connectivity index (χ3v) is 4.42. The first kappa shape index (κ1) is 15.2. The molecule has 0 saturated carbocycles. The number of rotatable bonds is 3. The predicted octanol–water partition coefficient (Wildman–Crippen LogP) is 4.06. The Hall–Kier alpha value is -2.37. The van der Waals surface area contributed by atoms with E-state index in [-0.39, 0.29) is 0 Å². The van der Waals surface area contributed by atoms with E-state index in [9.17, 15) is 0 Å². The minimum atomic E-state index is 0.398. The second-order valence-electron chi connectivity index (χ2n) is 5.29. The van der Waals surface area contributed by atoms with Crippen molar-refractivity contribution in [1.29, 1.82) is 0 Å². The molecule has 0 aliphatic carbocycles. The van der Waals surface area contributed by atoms with Gasteiger partial charge < -0.3 is 9.84 Å².